The zero-order valence-corrected chi connectivity index (χ0v) is 10.9. The van der Waals surface area contributed by atoms with Crippen molar-refractivity contribution in [2.24, 2.45) is 0 Å². The van der Waals surface area contributed by atoms with Crippen molar-refractivity contribution in [2.45, 2.75) is 18.9 Å². The highest BCUT2D eigenvalue weighted by Gasteiger charge is 2.33. The predicted molar refractivity (Wildman–Crippen MR) is 67.7 cm³/mol. The number of likely N-dealkylation sites (tertiary alicyclic amines) is 1. The van der Waals surface area contributed by atoms with E-state index in [-0.39, 0.29) is 31.0 Å². The van der Waals surface area contributed by atoms with Gasteiger partial charge >= 0.3 is 0 Å². The second-order valence-corrected chi connectivity index (χ2v) is 4.98. The van der Waals surface area contributed by atoms with Crippen LogP contribution in [0.2, 0.25) is 0 Å². The van der Waals surface area contributed by atoms with Crippen LogP contribution in [0.25, 0.3) is 0 Å². The number of carbonyl (C=O) groups is 1. The number of nitrogens with one attached hydrogen (secondary N) is 1. The number of carbonyl (C=O) groups excluding carboxylic acids is 1. The Bertz CT molecular complexity index is 672. The lowest BCUT2D eigenvalue weighted by Gasteiger charge is -2.15. The van der Waals surface area contributed by atoms with E-state index in [1.807, 2.05) is 0 Å². The Kier molecular flexibility index (Phi) is 3.40. The Morgan fingerprint density at radius 3 is 2.81 bits per heavy atom. The van der Waals surface area contributed by atoms with Crippen molar-refractivity contribution in [3.8, 4) is 0 Å². The molecule has 0 spiro atoms. The molecule has 1 fully saturated rings. The van der Waals surface area contributed by atoms with E-state index in [1.165, 1.54) is 11.0 Å². The third-order valence-corrected chi connectivity index (χ3v) is 3.61. The average Bonchev–Trinajstić information content (AvgIpc) is 3.08. The number of hydrogen-bond donors (Lipinski definition) is 1. The summed E-state index contributed by atoms with van der Waals surface area (Å²) < 4.78 is 40.0. The topological polar surface area (TPSA) is 49.0 Å². The first-order valence-corrected chi connectivity index (χ1v) is 6.45. The first-order chi connectivity index (χ1) is 10.1. The van der Waals surface area contributed by atoms with Gasteiger partial charge in [0.25, 0.3) is 0 Å². The van der Waals surface area contributed by atoms with Gasteiger partial charge in [-0.2, -0.15) is 0 Å². The molecule has 1 aliphatic heterocycles. The van der Waals surface area contributed by atoms with E-state index in [9.17, 15) is 18.0 Å². The SMILES string of the molecule is O=C1CC(c2ccc(F)c(F)c2F)CN1Cc1ncc[nH]1. The van der Waals surface area contributed by atoms with Gasteiger partial charge in [-0.1, -0.05) is 6.07 Å². The smallest absolute Gasteiger partial charge is 0.223 e. The molecule has 0 saturated carbocycles. The van der Waals surface area contributed by atoms with Gasteiger partial charge in [0, 0.05) is 31.3 Å². The minimum Gasteiger partial charge on any atom is -0.347 e. The van der Waals surface area contributed by atoms with Gasteiger partial charge in [-0.3, -0.25) is 4.79 Å². The van der Waals surface area contributed by atoms with Gasteiger partial charge in [-0.05, 0) is 11.6 Å². The van der Waals surface area contributed by atoms with Crippen LogP contribution in [0.1, 0.15) is 23.7 Å². The zero-order chi connectivity index (χ0) is 15.0. The van der Waals surface area contributed by atoms with Crippen molar-refractivity contribution in [1.82, 2.24) is 14.9 Å². The fourth-order valence-corrected chi connectivity index (χ4v) is 2.55. The summed E-state index contributed by atoms with van der Waals surface area (Å²) in [6.07, 6.45) is 3.29. The van der Waals surface area contributed by atoms with Gasteiger partial charge in [-0.25, -0.2) is 18.2 Å². The van der Waals surface area contributed by atoms with Crippen molar-refractivity contribution in [1.29, 1.82) is 0 Å². The molecule has 0 bridgehead atoms. The molecule has 1 aliphatic rings. The summed E-state index contributed by atoms with van der Waals surface area (Å²) in [6, 6.07) is 2.08. The molecule has 1 aromatic carbocycles. The lowest BCUT2D eigenvalue weighted by atomic mass is 9.97. The molecule has 0 radical (unpaired) electrons. The van der Waals surface area contributed by atoms with Crippen LogP contribution >= 0.6 is 0 Å². The molecule has 4 nitrogen and oxygen atoms in total. The van der Waals surface area contributed by atoms with Crippen molar-refractivity contribution < 1.29 is 18.0 Å². The van der Waals surface area contributed by atoms with E-state index >= 15 is 0 Å². The van der Waals surface area contributed by atoms with Gasteiger partial charge in [-0.15, -0.1) is 0 Å². The number of benzene rings is 1. The number of aromatic amines is 1. The van der Waals surface area contributed by atoms with Crippen LogP contribution in [0, 0.1) is 17.5 Å². The summed E-state index contributed by atoms with van der Waals surface area (Å²) in [4.78, 5) is 20.4. The molecule has 3 rings (SSSR count). The molecule has 0 aliphatic carbocycles. The summed E-state index contributed by atoms with van der Waals surface area (Å²) in [7, 11) is 0. The van der Waals surface area contributed by atoms with Gasteiger partial charge in [0.2, 0.25) is 5.91 Å². The number of hydrogen-bond acceptors (Lipinski definition) is 2. The normalized spacial score (nSPS) is 18.5. The van der Waals surface area contributed by atoms with Crippen LogP contribution in [0.15, 0.2) is 24.5 Å². The Hall–Kier alpha value is -2.31. The standard InChI is InChI=1S/C14H12F3N3O/c15-10-2-1-9(13(16)14(10)17)8-5-12(21)20(6-8)7-11-18-3-4-19-11/h1-4,8H,5-7H2,(H,18,19). The largest absolute Gasteiger partial charge is 0.347 e. The van der Waals surface area contributed by atoms with Crippen molar-refractivity contribution >= 4 is 5.91 Å². The van der Waals surface area contributed by atoms with Gasteiger partial charge < -0.3 is 9.88 Å². The summed E-state index contributed by atoms with van der Waals surface area (Å²) >= 11 is 0. The van der Waals surface area contributed by atoms with Gasteiger partial charge in [0.05, 0.1) is 6.54 Å². The summed E-state index contributed by atoms with van der Waals surface area (Å²) in [5, 5.41) is 0. The molecule has 7 heteroatoms. The Morgan fingerprint density at radius 1 is 1.29 bits per heavy atom. The Balaban J connectivity index is 1.80. The molecule has 2 heterocycles. The number of amides is 1. The fraction of sp³-hybridized carbons (Fsp3) is 0.286. The minimum absolute atomic E-state index is 0.0317. The molecule has 1 unspecified atom stereocenters. The monoisotopic (exact) mass is 295 g/mol. The molecule has 21 heavy (non-hydrogen) atoms. The third kappa shape index (κ3) is 2.51. The highest BCUT2D eigenvalue weighted by molar-refractivity contribution is 5.79. The fourth-order valence-electron chi connectivity index (χ4n) is 2.55. The molecule has 1 aromatic heterocycles. The van der Waals surface area contributed by atoms with Crippen molar-refractivity contribution in [3.05, 3.63) is 53.4 Å². The van der Waals surface area contributed by atoms with Crippen LogP contribution in [-0.4, -0.2) is 27.3 Å². The number of H-pyrrole nitrogens is 1. The number of imidazole rings is 1. The molecule has 1 N–H and O–H groups in total. The number of nitrogens with zero attached hydrogens (tertiary/aromatic N) is 2. The van der Waals surface area contributed by atoms with Crippen LogP contribution in [0.3, 0.4) is 0 Å². The second-order valence-electron chi connectivity index (χ2n) is 4.98. The molecular formula is C14H12F3N3O. The Morgan fingerprint density at radius 2 is 2.10 bits per heavy atom. The van der Waals surface area contributed by atoms with Crippen molar-refractivity contribution in [3.63, 3.8) is 0 Å². The number of halogens is 3. The third-order valence-electron chi connectivity index (χ3n) is 3.61. The highest BCUT2D eigenvalue weighted by atomic mass is 19.2. The maximum Gasteiger partial charge on any atom is 0.223 e. The lowest BCUT2D eigenvalue weighted by Crippen LogP contribution is -2.25. The first-order valence-electron chi connectivity index (χ1n) is 6.45. The molecular weight excluding hydrogens is 283 g/mol. The van der Waals surface area contributed by atoms with Crippen LogP contribution < -0.4 is 0 Å². The van der Waals surface area contributed by atoms with E-state index in [0.717, 1.165) is 6.07 Å². The summed E-state index contributed by atoms with van der Waals surface area (Å²) in [6.45, 7) is 0.537. The average molecular weight is 295 g/mol. The van der Waals surface area contributed by atoms with Crippen LogP contribution in [0.4, 0.5) is 13.2 Å². The maximum absolute atomic E-state index is 13.8. The van der Waals surface area contributed by atoms with E-state index in [0.29, 0.717) is 5.82 Å². The summed E-state index contributed by atoms with van der Waals surface area (Å²) in [5.41, 5.74) is 0.0317. The van der Waals surface area contributed by atoms with E-state index < -0.39 is 23.4 Å². The minimum atomic E-state index is -1.50. The maximum atomic E-state index is 13.8. The number of aromatic nitrogens is 2. The first kappa shape index (κ1) is 13.7. The van der Waals surface area contributed by atoms with Gasteiger partial charge in [0.1, 0.15) is 5.82 Å². The lowest BCUT2D eigenvalue weighted by molar-refractivity contribution is -0.128. The zero-order valence-electron chi connectivity index (χ0n) is 10.9. The van der Waals surface area contributed by atoms with E-state index in [4.69, 9.17) is 0 Å². The molecule has 1 atom stereocenters. The predicted octanol–water partition coefficient (Wildman–Crippen LogP) is 2.34. The van der Waals surface area contributed by atoms with Crippen LogP contribution in [0.5, 0.6) is 0 Å². The Labute approximate surface area is 118 Å². The quantitative estimate of drug-likeness (QED) is 0.884. The van der Waals surface area contributed by atoms with Crippen LogP contribution in [-0.2, 0) is 11.3 Å². The molecule has 1 amide bonds. The van der Waals surface area contributed by atoms with Gasteiger partial charge in [0.15, 0.2) is 17.5 Å². The summed E-state index contributed by atoms with van der Waals surface area (Å²) in [5.74, 6) is -3.97. The second kappa shape index (κ2) is 5.23. The van der Waals surface area contributed by atoms with Crippen molar-refractivity contribution in [2.75, 3.05) is 6.54 Å². The van der Waals surface area contributed by atoms with E-state index in [2.05, 4.69) is 9.97 Å². The highest BCUT2D eigenvalue weighted by Crippen LogP contribution is 2.31. The molecule has 1 saturated heterocycles. The number of rotatable bonds is 3. The van der Waals surface area contributed by atoms with E-state index in [1.54, 1.807) is 12.4 Å². The molecule has 110 valence electrons. The molecule has 2 aromatic rings.